The van der Waals surface area contributed by atoms with Crippen molar-refractivity contribution in [3.05, 3.63) is 42.1 Å². The van der Waals surface area contributed by atoms with E-state index in [2.05, 4.69) is 9.97 Å². The van der Waals surface area contributed by atoms with Crippen LogP contribution in [0.4, 0.5) is 0 Å². The number of hydrogen-bond donors (Lipinski definition) is 1. The summed E-state index contributed by atoms with van der Waals surface area (Å²) in [5.74, 6) is 1.85. The molecule has 15 heavy (non-hydrogen) atoms. The molecule has 0 aromatic carbocycles. The number of imidazole rings is 1. The first-order chi connectivity index (χ1) is 7.31. The largest absolute Gasteiger partial charge is 0.330 e. The van der Waals surface area contributed by atoms with Gasteiger partial charge in [-0.25, -0.2) is 9.97 Å². The lowest BCUT2D eigenvalue weighted by Gasteiger charge is -2.06. The first-order valence-corrected chi connectivity index (χ1v) is 4.96. The highest BCUT2D eigenvalue weighted by Gasteiger charge is 2.04. The Morgan fingerprint density at radius 1 is 1.33 bits per heavy atom. The van der Waals surface area contributed by atoms with Crippen LogP contribution in [0.25, 0.3) is 5.82 Å². The molecular formula is C11H14N4. The van der Waals surface area contributed by atoms with Crippen molar-refractivity contribution in [2.75, 3.05) is 6.54 Å². The van der Waals surface area contributed by atoms with E-state index in [-0.39, 0.29) is 0 Å². The maximum Gasteiger partial charge on any atom is 0.138 e. The predicted molar refractivity (Wildman–Crippen MR) is 58.9 cm³/mol. The van der Waals surface area contributed by atoms with Crippen LogP contribution in [-0.4, -0.2) is 21.1 Å². The van der Waals surface area contributed by atoms with Crippen molar-refractivity contribution in [2.45, 2.75) is 13.3 Å². The Balaban J connectivity index is 2.40. The minimum atomic E-state index is 0.600. The van der Waals surface area contributed by atoms with Crippen LogP contribution in [-0.2, 0) is 6.42 Å². The Morgan fingerprint density at radius 2 is 2.20 bits per heavy atom. The summed E-state index contributed by atoms with van der Waals surface area (Å²) in [6.07, 6.45) is 6.25. The molecule has 2 heterocycles. The molecule has 0 aliphatic rings. The summed E-state index contributed by atoms with van der Waals surface area (Å²) in [5, 5.41) is 0. The van der Waals surface area contributed by atoms with E-state index in [4.69, 9.17) is 5.73 Å². The zero-order valence-corrected chi connectivity index (χ0v) is 8.72. The molecule has 4 nitrogen and oxygen atoms in total. The number of hydrogen-bond acceptors (Lipinski definition) is 3. The van der Waals surface area contributed by atoms with Gasteiger partial charge in [0.2, 0.25) is 0 Å². The monoisotopic (exact) mass is 202 g/mol. The molecule has 2 rings (SSSR count). The average Bonchev–Trinajstić information content (AvgIpc) is 2.66. The van der Waals surface area contributed by atoms with E-state index in [1.165, 1.54) is 5.56 Å². The van der Waals surface area contributed by atoms with Gasteiger partial charge in [-0.15, -0.1) is 0 Å². The number of rotatable bonds is 3. The third-order valence-electron chi connectivity index (χ3n) is 2.23. The van der Waals surface area contributed by atoms with Crippen LogP contribution in [0.2, 0.25) is 0 Å². The Hall–Kier alpha value is -1.68. The second kappa shape index (κ2) is 4.23. The Bertz CT molecular complexity index is 447. The maximum atomic E-state index is 5.52. The number of nitrogens with two attached hydrogens (primary N) is 1. The molecule has 0 unspecified atom stereocenters. The van der Waals surface area contributed by atoms with E-state index in [1.807, 2.05) is 29.8 Å². The normalized spacial score (nSPS) is 10.5. The van der Waals surface area contributed by atoms with Crippen LogP contribution < -0.4 is 5.73 Å². The van der Waals surface area contributed by atoms with Crippen LogP contribution in [0.15, 0.2) is 30.7 Å². The van der Waals surface area contributed by atoms with Gasteiger partial charge in [0.15, 0.2) is 0 Å². The Labute approximate surface area is 88.8 Å². The first-order valence-electron chi connectivity index (χ1n) is 4.96. The minimum Gasteiger partial charge on any atom is -0.330 e. The van der Waals surface area contributed by atoms with Gasteiger partial charge in [0.05, 0.1) is 0 Å². The number of aromatic nitrogens is 3. The molecule has 0 fully saturated rings. The molecule has 0 bridgehead atoms. The standard InChI is InChI=1S/C11H14N4/c1-9-3-5-13-11(8-9)15-7-6-14-10(15)2-4-12/h3,5-8H,2,4,12H2,1H3. The third kappa shape index (κ3) is 2.05. The summed E-state index contributed by atoms with van der Waals surface area (Å²) in [4.78, 5) is 8.56. The van der Waals surface area contributed by atoms with Crippen LogP contribution in [0.3, 0.4) is 0 Å². The van der Waals surface area contributed by atoms with E-state index in [9.17, 15) is 0 Å². The number of pyridine rings is 1. The van der Waals surface area contributed by atoms with Crippen LogP contribution >= 0.6 is 0 Å². The predicted octanol–water partition coefficient (Wildman–Crippen LogP) is 1.08. The summed E-state index contributed by atoms with van der Waals surface area (Å²) in [5.41, 5.74) is 6.71. The summed E-state index contributed by atoms with van der Waals surface area (Å²) in [6, 6.07) is 4.00. The average molecular weight is 202 g/mol. The highest BCUT2D eigenvalue weighted by atomic mass is 15.1. The summed E-state index contributed by atoms with van der Waals surface area (Å²) in [7, 11) is 0. The van der Waals surface area contributed by atoms with Crippen molar-refractivity contribution in [1.82, 2.24) is 14.5 Å². The lowest BCUT2D eigenvalue weighted by Crippen LogP contribution is -2.09. The van der Waals surface area contributed by atoms with Gasteiger partial charge in [0, 0.05) is 25.0 Å². The van der Waals surface area contributed by atoms with Crippen molar-refractivity contribution in [3.63, 3.8) is 0 Å². The van der Waals surface area contributed by atoms with Gasteiger partial charge in [0.1, 0.15) is 11.6 Å². The van der Waals surface area contributed by atoms with E-state index in [1.54, 1.807) is 12.4 Å². The van der Waals surface area contributed by atoms with Crippen LogP contribution in [0.5, 0.6) is 0 Å². The SMILES string of the molecule is Cc1ccnc(-n2ccnc2CCN)c1. The van der Waals surface area contributed by atoms with Crippen LogP contribution in [0.1, 0.15) is 11.4 Å². The maximum absolute atomic E-state index is 5.52. The highest BCUT2D eigenvalue weighted by Crippen LogP contribution is 2.09. The zero-order valence-electron chi connectivity index (χ0n) is 8.72. The van der Waals surface area contributed by atoms with Gasteiger partial charge in [-0.3, -0.25) is 4.57 Å². The highest BCUT2D eigenvalue weighted by molar-refractivity contribution is 5.28. The molecule has 0 aliphatic carbocycles. The molecule has 0 atom stereocenters. The number of nitrogens with zero attached hydrogens (tertiary/aromatic N) is 3. The smallest absolute Gasteiger partial charge is 0.138 e. The van der Waals surface area contributed by atoms with Crippen LogP contribution in [0, 0.1) is 6.92 Å². The molecule has 0 saturated heterocycles. The fraction of sp³-hybridized carbons (Fsp3) is 0.273. The third-order valence-corrected chi connectivity index (χ3v) is 2.23. The van der Waals surface area contributed by atoms with Gasteiger partial charge in [-0.05, 0) is 31.2 Å². The van der Waals surface area contributed by atoms with E-state index in [0.29, 0.717) is 6.54 Å². The van der Waals surface area contributed by atoms with Crippen molar-refractivity contribution < 1.29 is 0 Å². The molecule has 0 saturated carbocycles. The fourth-order valence-corrected chi connectivity index (χ4v) is 1.51. The fourth-order valence-electron chi connectivity index (χ4n) is 1.51. The molecule has 2 N–H and O–H groups in total. The lowest BCUT2D eigenvalue weighted by molar-refractivity contribution is 0.822. The van der Waals surface area contributed by atoms with E-state index < -0.39 is 0 Å². The van der Waals surface area contributed by atoms with Crippen molar-refractivity contribution >= 4 is 0 Å². The molecule has 0 radical (unpaired) electrons. The second-order valence-corrected chi connectivity index (χ2v) is 3.44. The second-order valence-electron chi connectivity index (χ2n) is 3.44. The van der Waals surface area contributed by atoms with E-state index in [0.717, 1.165) is 18.1 Å². The summed E-state index contributed by atoms with van der Waals surface area (Å²) >= 11 is 0. The van der Waals surface area contributed by atoms with Gasteiger partial charge in [-0.1, -0.05) is 0 Å². The van der Waals surface area contributed by atoms with Gasteiger partial charge in [-0.2, -0.15) is 0 Å². The van der Waals surface area contributed by atoms with Crippen molar-refractivity contribution in [3.8, 4) is 5.82 Å². The number of aryl methyl sites for hydroxylation is 1. The van der Waals surface area contributed by atoms with Gasteiger partial charge in [0.25, 0.3) is 0 Å². The summed E-state index contributed by atoms with van der Waals surface area (Å²) in [6.45, 7) is 2.65. The zero-order chi connectivity index (χ0) is 10.7. The van der Waals surface area contributed by atoms with Crippen molar-refractivity contribution in [1.29, 1.82) is 0 Å². The summed E-state index contributed by atoms with van der Waals surface area (Å²) < 4.78 is 1.97. The lowest BCUT2D eigenvalue weighted by atomic mass is 10.3. The van der Waals surface area contributed by atoms with Gasteiger partial charge >= 0.3 is 0 Å². The molecule has 2 aromatic heterocycles. The molecule has 4 heteroatoms. The Kier molecular flexibility index (Phi) is 2.78. The Morgan fingerprint density at radius 3 is 2.93 bits per heavy atom. The van der Waals surface area contributed by atoms with Gasteiger partial charge < -0.3 is 5.73 Å². The topological polar surface area (TPSA) is 56.7 Å². The molecule has 0 spiro atoms. The van der Waals surface area contributed by atoms with Crippen molar-refractivity contribution in [2.24, 2.45) is 5.73 Å². The molecule has 2 aromatic rings. The molecule has 0 amide bonds. The first kappa shape index (κ1) is 9.86. The molecular weight excluding hydrogens is 188 g/mol. The van der Waals surface area contributed by atoms with E-state index >= 15 is 0 Å². The minimum absolute atomic E-state index is 0.600. The quantitative estimate of drug-likeness (QED) is 0.810. The molecule has 0 aliphatic heterocycles. The molecule has 78 valence electrons.